The monoisotopic (exact) mass is 556 g/mol. The summed E-state index contributed by atoms with van der Waals surface area (Å²) in [5.74, 6) is 0.395. The van der Waals surface area contributed by atoms with Gasteiger partial charge in [0.2, 0.25) is 5.88 Å². The van der Waals surface area contributed by atoms with Crippen LogP contribution in [0.3, 0.4) is 0 Å². The molecule has 2 aromatic carbocycles. The maximum absolute atomic E-state index is 12.8. The largest absolute Gasteiger partial charge is 0.487 e. The summed E-state index contributed by atoms with van der Waals surface area (Å²) in [5.41, 5.74) is 1.02. The Labute approximate surface area is 218 Å². The molecule has 1 aromatic heterocycles. The van der Waals surface area contributed by atoms with Gasteiger partial charge >= 0.3 is 12.1 Å². The number of fused-ring (bicyclic) bond motifs is 1. The number of ether oxygens (including phenoxy) is 4. The first kappa shape index (κ1) is 25.8. The van der Waals surface area contributed by atoms with E-state index in [-0.39, 0.29) is 13.0 Å². The molecule has 36 heavy (non-hydrogen) atoms. The van der Waals surface area contributed by atoms with Gasteiger partial charge < -0.3 is 18.9 Å². The molecule has 1 fully saturated rings. The molecule has 1 aliphatic heterocycles. The van der Waals surface area contributed by atoms with Crippen molar-refractivity contribution in [3.63, 3.8) is 0 Å². The van der Waals surface area contributed by atoms with Crippen molar-refractivity contribution in [3.8, 4) is 11.6 Å². The first-order chi connectivity index (χ1) is 17.2. The van der Waals surface area contributed by atoms with Gasteiger partial charge in [-0.05, 0) is 54.4 Å². The fourth-order valence-electron chi connectivity index (χ4n) is 4.01. The number of carbonyl (C=O) groups is 2. The average molecular weight is 557 g/mol. The van der Waals surface area contributed by atoms with Gasteiger partial charge in [-0.25, -0.2) is 14.6 Å². The van der Waals surface area contributed by atoms with Crippen LogP contribution in [-0.4, -0.2) is 53.3 Å². The molecule has 2 atom stereocenters. The molecule has 9 heteroatoms. The van der Waals surface area contributed by atoms with Crippen LogP contribution < -0.4 is 9.47 Å². The highest BCUT2D eigenvalue weighted by molar-refractivity contribution is 9.10. The van der Waals surface area contributed by atoms with Crippen molar-refractivity contribution in [2.75, 3.05) is 13.7 Å². The lowest BCUT2D eigenvalue weighted by Gasteiger charge is -2.27. The van der Waals surface area contributed by atoms with E-state index in [4.69, 9.17) is 18.9 Å². The summed E-state index contributed by atoms with van der Waals surface area (Å²) in [6, 6.07) is 16.7. The lowest BCUT2D eigenvalue weighted by Crippen LogP contribution is -2.44. The highest BCUT2D eigenvalue weighted by atomic mass is 79.9. The molecule has 1 saturated heterocycles. The number of hydrogen-bond acceptors (Lipinski definition) is 7. The molecule has 0 saturated carbocycles. The number of esters is 1. The molecule has 1 unspecified atom stereocenters. The lowest BCUT2D eigenvalue weighted by atomic mass is 10.2. The number of likely N-dealkylation sites (tertiary alicyclic amines) is 1. The zero-order valence-electron chi connectivity index (χ0n) is 20.7. The third-order valence-electron chi connectivity index (χ3n) is 5.63. The summed E-state index contributed by atoms with van der Waals surface area (Å²) in [6.45, 7) is 5.84. The lowest BCUT2D eigenvalue weighted by molar-refractivity contribution is -0.145. The van der Waals surface area contributed by atoms with Crippen molar-refractivity contribution in [2.24, 2.45) is 0 Å². The number of nitrogens with zero attached hydrogens (tertiary/aromatic N) is 2. The number of amides is 1. The smallest absolute Gasteiger partial charge is 0.411 e. The maximum atomic E-state index is 12.8. The molecular formula is C27H29BrN2O6. The van der Waals surface area contributed by atoms with Crippen LogP contribution in [-0.2, 0) is 20.9 Å². The molecule has 0 radical (unpaired) electrons. The number of rotatable bonds is 6. The van der Waals surface area contributed by atoms with E-state index in [2.05, 4.69) is 20.9 Å². The number of carbonyl (C=O) groups excluding carboxylic acids is 2. The molecule has 4 rings (SSSR count). The van der Waals surface area contributed by atoms with Gasteiger partial charge in [-0.2, -0.15) is 0 Å². The molecule has 3 aromatic rings. The Morgan fingerprint density at radius 1 is 1.08 bits per heavy atom. The summed E-state index contributed by atoms with van der Waals surface area (Å²) in [7, 11) is 1.29. The van der Waals surface area contributed by atoms with E-state index in [0.717, 1.165) is 10.9 Å². The number of methoxy groups -OCH3 is 1. The number of aromatic nitrogens is 1. The summed E-state index contributed by atoms with van der Waals surface area (Å²) in [6.07, 6.45) is -0.859. The SMILES string of the molecule is COC(=O)[C@@H]1CC(Oc2nc3ccccc3c(OCc3ccccc3)c2Br)CN1C(=O)OC(C)(C)C. The summed E-state index contributed by atoms with van der Waals surface area (Å²) >= 11 is 3.62. The van der Waals surface area contributed by atoms with Crippen LogP contribution in [0.1, 0.15) is 32.8 Å². The second-order valence-corrected chi connectivity index (χ2v) is 10.3. The fraction of sp³-hybridized carbons (Fsp3) is 0.370. The zero-order chi connectivity index (χ0) is 25.9. The van der Waals surface area contributed by atoms with E-state index in [9.17, 15) is 9.59 Å². The Hall–Kier alpha value is -3.33. The van der Waals surface area contributed by atoms with Crippen molar-refractivity contribution in [3.05, 3.63) is 64.6 Å². The van der Waals surface area contributed by atoms with Crippen LogP contribution >= 0.6 is 15.9 Å². The van der Waals surface area contributed by atoms with Gasteiger partial charge in [0, 0.05) is 11.8 Å². The minimum Gasteiger partial charge on any atom is -0.487 e. The minimum atomic E-state index is -0.817. The molecule has 0 spiro atoms. The van der Waals surface area contributed by atoms with Gasteiger partial charge in [-0.3, -0.25) is 4.90 Å². The number of pyridine rings is 1. The van der Waals surface area contributed by atoms with E-state index in [1.807, 2.05) is 54.6 Å². The third-order valence-corrected chi connectivity index (χ3v) is 6.33. The Bertz CT molecular complexity index is 1240. The first-order valence-electron chi connectivity index (χ1n) is 11.7. The molecule has 0 bridgehead atoms. The van der Waals surface area contributed by atoms with Crippen LogP contribution in [0, 0.1) is 0 Å². The second kappa shape index (κ2) is 10.7. The van der Waals surface area contributed by atoms with Gasteiger partial charge in [-0.1, -0.05) is 42.5 Å². The number of para-hydroxylation sites is 1. The molecule has 1 aliphatic rings. The maximum Gasteiger partial charge on any atom is 0.411 e. The quantitative estimate of drug-likeness (QED) is 0.370. The van der Waals surface area contributed by atoms with Crippen molar-refractivity contribution in [1.29, 1.82) is 0 Å². The Morgan fingerprint density at radius 2 is 1.78 bits per heavy atom. The topological polar surface area (TPSA) is 87.2 Å². The van der Waals surface area contributed by atoms with Gasteiger partial charge in [0.15, 0.2) is 0 Å². The van der Waals surface area contributed by atoms with E-state index in [1.54, 1.807) is 20.8 Å². The predicted molar refractivity (Wildman–Crippen MR) is 138 cm³/mol. The summed E-state index contributed by atoms with van der Waals surface area (Å²) < 4.78 is 23.4. The molecule has 0 N–H and O–H groups in total. The fourth-order valence-corrected chi connectivity index (χ4v) is 4.52. The van der Waals surface area contributed by atoms with Crippen LogP contribution in [0.4, 0.5) is 4.79 Å². The normalized spacial score (nSPS) is 17.6. The molecule has 2 heterocycles. The molecule has 0 aliphatic carbocycles. The van der Waals surface area contributed by atoms with E-state index in [0.29, 0.717) is 28.2 Å². The van der Waals surface area contributed by atoms with Gasteiger partial charge in [0.05, 0.1) is 19.2 Å². The Kier molecular flexibility index (Phi) is 7.68. The van der Waals surface area contributed by atoms with Crippen LogP contribution in [0.15, 0.2) is 59.1 Å². The van der Waals surface area contributed by atoms with Gasteiger partial charge in [-0.15, -0.1) is 0 Å². The van der Waals surface area contributed by atoms with Crippen molar-refractivity contribution >= 4 is 38.9 Å². The zero-order valence-corrected chi connectivity index (χ0v) is 22.3. The molecular weight excluding hydrogens is 528 g/mol. The number of halogens is 1. The van der Waals surface area contributed by atoms with Crippen LogP contribution in [0.2, 0.25) is 0 Å². The van der Waals surface area contributed by atoms with E-state index in [1.165, 1.54) is 12.0 Å². The van der Waals surface area contributed by atoms with Crippen molar-refractivity contribution < 1.29 is 28.5 Å². The van der Waals surface area contributed by atoms with Crippen molar-refractivity contribution in [1.82, 2.24) is 9.88 Å². The van der Waals surface area contributed by atoms with E-state index >= 15 is 0 Å². The molecule has 190 valence electrons. The van der Waals surface area contributed by atoms with E-state index < -0.39 is 29.8 Å². The predicted octanol–water partition coefficient (Wildman–Crippen LogP) is 5.51. The highest BCUT2D eigenvalue weighted by Crippen LogP contribution is 2.40. The summed E-state index contributed by atoms with van der Waals surface area (Å²) in [5, 5.41) is 0.835. The minimum absolute atomic E-state index is 0.149. The highest BCUT2D eigenvalue weighted by Gasteiger charge is 2.43. The second-order valence-electron chi connectivity index (χ2n) is 9.50. The third kappa shape index (κ3) is 5.90. The van der Waals surface area contributed by atoms with Gasteiger partial charge in [0.25, 0.3) is 0 Å². The Morgan fingerprint density at radius 3 is 2.47 bits per heavy atom. The summed E-state index contributed by atoms with van der Waals surface area (Å²) in [4.78, 5) is 31.3. The van der Waals surface area contributed by atoms with Crippen molar-refractivity contribution in [2.45, 2.75) is 51.5 Å². The van der Waals surface area contributed by atoms with Crippen LogP contribution in [0.5, 0.6) is 11.6 Å². The first-order valence-corrected chi connectivity index (χ1v) is 12.4. The average Bonchev–Trinajstić information content (AvgIpc) is 3.27. The molecule has 8 nitrogen and oxygen atoms in total. The van der Waals surface area contributed by atoms with Gasteiger partial charge in [0.1, 0.15) is 34.6 Å². The Balaban J connectivity index is 1.60. The van der Waals surface area contributed by atoms with Crippen LogP contribution in [0.25, 0.3) is 10.9 Å². The number of hydrogen-bond donors (Lipinski definition) is 0. The number of benzene rings is 2. The molecule has 1 amide bonds. The standard InChI is InChI=1S/C27H29BrN2O6/c1-27(2,3)36-26(32)30-15-18(14-21(30)25(31)33-4)35-24-22(28)23(19-12-8-9-13-20(19)29-24)34-16-17-10-6-5-7-11-17/h5-13,18,21H,14-16H2,1-4H3/t18?,21-/m0/s1.